The van der Waals surface area contributed by atoms with Gasteiger partial charge in [-0.2, -0.15) is 0 Å². The zero-order valence-electron chi connectivity index (χ0n) is 10.1. The molecule has 1 aromatic rings. The van der Waals surface area contributed by atoms with Crippen LogP contribution in [0.25, 0.3) is 0 Å². The van der Waals surface area contributed by atoms with Crippen LogP contribution in [-0.4, -0.2) is 19.2 Å². The maximum atomic E-state index is 13.5. The Morgan fingerprint density at radius 1 is 1.53 bits per heavy atom. The van der Waals surface area contributed by atoms with Gasteiger partial charge in [0.25, 0.3) is 0 Å². The number of hydrogen-bond acceptors (Lipinski definition) is 2. The molecule has 2 nitrogen and oxygen atoms in total. The van der Waals surface area contributed by atoms with Crippen molar-refractivity contribution < 1.29 is 9.13 Å². The Kier molecular flexibility index (Phi) is 5.45. The molecule has 0 saturated heterocycles. The van der Waals surface area contributed by atoms with Gasteiger partial charge >= 0.3 is 0 Å². The SMILES string of the molecule is C=C(CNC(C)C)COc1cccc(Cl)c1F. The van der Waals surface area contributed by atoms with E-state index in [2.05, 4.69) is 11.9 Å². The third kappa shape index (κ3) is 4.75. The van der Waals surface area contributed by atoms with Crippen LogP contribution in [0.15, 0.2) is 30.4 Å². The molecule has 0 aliphatic carbocycles. The van der Waals surface area contributed by atoms with Crippen LogP contribution >= 0.6 is 11.6 Å². The van der Waals surface area contributed by atoms with Gasteiger partial charge in [0, 0.05) is 12.6 Å². The number of halogens is 2. The lowest BCUT2D eigenvalue weighted by Crippen LogP contribution is -2.26. The second kappa shape index (κ2) is 6.62. The van der Waals surface area contributed by atoms with Crippen molar-refractivity contribution in [3.05, 3.63) is 41.2 Å². The first-order valence-corrected chi connectivity index (χ1v) is 5.85. The first-order valence-electron chi connectivity index (χ1n) is 5.47. The summed E-state index contributed by atoms with van der Waals surface area (Å²) in [6.07, 6.45) is 0. The molecule has 1 N–H and O–H groups in total. The minimum Gasteiger partial charge on any atom is -0.486 e. The van der Waals surface area contributed by atoms with Gasteiger partial charge < -0.3 is 10.1 Å². The molecule has 0 unspecified atom stereocenters. The normalized spacial score (nSPS) is 10.6. The van der Waals surface area contributed by atoms with Crippen molar-refractivity contribution in [2.45, 2.75) is 19.9 Å². The molecular weight excluding hydrogens is 241 g/mol. The number of hydrogen-bond donors (Lipinski definition) is 1. The van der Waals surface area contributed by atoms with Gasteiger partial charge in [-0.1, -0.05) is 38.1 Å². The molecule has 0 aromatic heterocycles. The molecular formula is C13H17ClFNO. The number of nitrogens with one attached hydrogen (secondary N) is 1. The third-order valence-corrected chi connectivity index (χ3v) is 2.40. The van der Waals surface area contributed by atoms with E-state index in [1.807, 2.05) is 13.8 Å². The summed E-state index contributed by atoms with van der Waals surface area (Å²) >= 11 is 5.64. The lowest BCUT2D eigenvalue weighted by atomic mass is 10.3. The van der Waals surface area contributed by atoms with Crippen LogP contribution in [0.4, 0.5) is 4.39 Å². The van der Waals surface area contributed by atoms with Crippen molar-refractivity contribution in [2.24, 2.45) is 0 Å². The van der Waals surface area contributed by atoms with Gasteiger partial charge in [-0.15, -0.1) is 0 Å². The van der Waals surface area contributed by atoms with E-state index in [4.69, 9.17) is 16.3 Å². The maximum absolute atomic E-state index is 13.5. The fourth-order valence-electron chi connectivity index (χ4n) is 1.17. The Morgan fingerprint density at radius 3 is 2.88 bits per heavy atom. The molecule has 0 amide bonds. The summed E-state index contributed by atoms with van der Waals surface area (Å²) in [5.74, 6) is -0.373. The molecule has 0 atom stereocenters. The molecule has 94 valence electrons. The molecule has 0 heterocycles. The summed E-state index contributed by atoms with van der Waals surface area (Å²) < 4.78 is 18.8. The molecule has 0 saturated carbocycles. The Bertz CT molecular complexity index is 393. The van der Waals surface area contributed by atoms with Gasteiger partial charge in [-0.3, -0.25) is 0 Å². The van der Waals surface area contributed by atoms with E-state index in [0.29, 0.717) is 12.6 Å². The quantitative estimate of drug-likeness (QED) is 0.789. The Balaban J connectivity index is 2.45. The van der Waals surface area contributed by atoms with Gasteiger partial charge in [0.1, 0.15) is 6.61 Å². The molecule has 1 rings (SSSR count). The van der Waals surface area contributed by atoms with E-state index >= 15 is 0 Å². The second-order valence-electron chi connectivity index (χ2n) is 4.13. The first-order chi connectivity index (χ1) is 8.00. The molecule has 0 aliphatic rings. The fraction of sp³-hybridized carbons (Fsp3) is 0.385. The summed E-state index contributed by atoms with van der Waals surface area (Å²) in [4.78, 5) is 0. The highest BCUT2D eigenvalue weighted by molar-refractivity contribution is 6.30. The monoisotopic (exact) mass is 257 g/mol. The van der Waals surface area contributed by atoms with Gasteiger partial charge in [-0.05, 0) is 17.7 Å². The molecule has 0 fully saturated rings. The van der Waals surface area contributed by atoms with E-state index < -0.39 is 5.82 Å². The van der Waals surface area contributed by atoms with Crippen molar-refractivity contribution in [1.82, 2.24) is 5.32 Å². The molecule has 17 heavy (non-hydrogen) atoms. The molecule has 1 aromatic carbocycles. The molecule has 0 radical (unpaired) electrons. The molecule has 0 bridgehead atoms. The fourth-order valence-corrected chi connectivity index (χ4v) is 1.34. The van der Waals surface area contributed by atoms with E-state index in [9.17, 15) is 4.39 Å². The Morgan fingerprint density at radius 2 is 2.24 bits per heavy atom. The topological polar surface area (TPSA) is 21.3 Å². The van der Waals surface area contributed by atoms with Crippen LogP contribution in [0.1, 0.15) is 13.8 Å². The zero-order valence-corrected chi connectivity index (χ0v) is 10.9. The summed E-state index contributed by atoms with van der Waals surface area (Å²) in [5, 5.41) is 3.27. The predicted octanol–water partition coefficient (Wildman–Crippen LogP) is 3.41. The summed E-state index contributed by atoms with van der Waals surface area (Å²) in [6, 6.07) is 5.06. The Hall–Kier alpha value is -1.06. The molecule has 0 aliphatic heterocycles. The average Bonchev–Trinajstić information content (AvgIpc) is 2.28. The van der Waals surface area contributed by atoms with Crippen molar-refractivity contribution in [3.8, 4) is 5.75 Å². The van der Waals surface area contributed by atoms with Crippen molar-refractivity contribution in [1.29, 1.82) is 0 Å². The van der Waals surface area contributed by atoms with Crippen LogP contribution < -0.4 is 10.1 Å². The first kappa shape index (κ1) is 14.0. The second-order valence-corrected chi connectivity index (χ2v) is 4.53. The summed E-state index contributed by atoms with van der Waals surface area (Å²) in [7, 11) is 0. The van der Waals surface area contributed by atoms with Gasteiger partial charge in [0.15, 0.2) is 11.6 Å². The van der Waals surface area contributed by atoms with Crippen molar-refractivity contribution in [2.75, 3.05) is 13.2 Å². The van der Waals surface area contributed by atoms with Crippen LogP contribution in [0, 0.1) is 5.82 Å². The highest BCUT2D eigenvalue weighted by Crippen LogP contribution is 2.24. The van der Waals surface area contributed by atoms with Crippen molar-refractivity contribution >= 4 is 11.6 Å². The minimum atomic E-state index is -0.529. The van der Waals surface area contributed by atoms with Crippen LogP contribution in [0.5, 0.6) is 5.75 Å². The highest BCUT2D eigenvalue weighted by Gasteiger charge is 2.07. The smallest absolute Gasteiger partial charge is 0.183 e. The van der Waals surface area contributed by atoms with Gasteiger partial charge in [0.2, 0.25) is 0 Å². The van der Waals surface area contributed by atoms with E-state index in [1.54, 1.807) is 12.1 Å². The summed E-state index contributed by atoms with van der Waals surface area (Å²) in [6.45, 7) is 8.87. The van der Waals surface area contributed by atoms with Crippen LogP contribution in [0.3, 0.4) is 0 Å². The minimum absolute atomic E-state index is 0.0633. The Labute approximate surface area is 106 Å². The highest BCUT2D eigenvalue weighted by atomic mass is 35.5. The predicted molar refractivity (Wildman–Crippen MR) is 69.2 cm³/mol. The van der Waals surface area contributed by atoms with E-state index in [0.717, 1.165) is 5.57 Å². The number of ether oxygens (including phenoxy) is 1. The van der Waals surface area contributed by atoms with Gasteiger partial charge in [-0.25, -0.2) is 4.39 Å². The molecule has 4 heteroatoms. The van der Waals surface area contributed by atoms with Crippen LogP contribution in [-0.2, 0) is 0 Å². The lowest BCUT2D eigenvalue weighted by molar-refractivity contribution is 0.328. The maximum Gasteiger partial charge on any atom is 0.183 e. The van der Waals surface area contributed by atoms with Crippen LogP contribution in [0.2, 0.25) is 5.02 Å². The number of rotatable bonds is 6. The largest absolute Gasteiger partial charge is 0.486 e. The van der Waals surface area contributed by atoms with E-state index in [-0.39, 0.29) is 17.4 Å². The standard InChI is InChI=1S/C13H17ClFNO/c1-9(2)16-7-10(3)8-17-12-6-4-5-11(14)13(12)15/h4-6,9,16H,3,7-8H2,1-2H3. The number of benzene rings is 1. The average molecular weight is 258 g/mol. The van der Waals surface area contributed by atoms with Crippen molar-refractivity contribution in [3.63, 3.8) is 0 Å². The van der Waals surface area contributed by atoms with Gasteiger partial charge in [0.05, 0.1) is 5.02 Å². The summed E-state index contributed by atoms with van der Waals surface area (Å²) in [5.41, 5.74) is 0.859. The third-order valence-electron chi connectivity index (χ3n) is 2.11. The zero-order chi connectivity index (χ0) is 12.8. The molecule has 0 spiro atoms. The van der Waals surface area contributed by atoms with E-state index in [1.165, 1.54) is 6.07 Å². The lowest BCUT2D eigenvalue weighted by Gasteiger charge is -2.12.